The van der Waals surface area contributed by atoms with Crippen molar-refractivity contribution in [1.29, 1.82) is 0 Å². The fraction of sp³-hybridized carbons (Fsp3) is 0.308. The van der Waals surface area contributed by atoms with Crippen molar-refractivity contribution in [3.63, 3.8) is 0 Å². The molecule has 1 aromatic carbocycles. The van der Waals surface area contributed by atoms with E-state index in [4.69, 9.17) is 11.6 Å². The molecule has 90 valence electrons. The number of aromatic nitrogens is 1. The Morgan fingerprint density at radius 2 is 2.06 bits per heavy atom. The first kappa shape index (κ1) is 12.5. The van der Waals surface area contributed by atoms with E-state index >= 15 is 0 Å². The maximum atomic E-state index is 12.8. The molecule has 0 radical (unpaired) electrons. The highest BCUT2D eigenvalue weighted by molar-refractivity contribution is 7.09. The Hall–Kier alpha value is -0.930. The summed E-state index contributed by atoms with van der Waals surface area (Å²) >= 11 is 7.62. The van der Waals surface area contributed by atoms with Crippen molar-refractivity contribution in [2.45, 2.75) is 19.3 Å². The molecule has 2 aromatic rings. The van der Waals surface area contributed by atoms with Crippen molar-refractivity contribution in [3.8, 4) is 0 Å². The lowest BCUT2D eigenvalue weighted by atomic mass is 9.96. The van der Waals surface area contributed by atoms with E-state index in [0.717, 1.165) is 22.7 Å². The van der Waals surface area contributed by atoms with Gasteiger partial charge in [0, 0.05) is 17.2 Å². The molecule has 2 rings (SSSR count). The second-order valence-electron chi connectivity index (χ2n) is 3.96. The summed E-state index contributed by atoms with van der Waals surface area (Å²) in [5.74, 6) is 0.493. The molecule has 1 aromatic heterocycles. The Labute approximate surface area is 109 Å². The van der Waals surface area contributed by atoms with Gasteiger partial charge in [0.1, 0.15) is 5.82 Å². The number of aryl methyl sites for hydroxylation is 1. The first-order valence-corrected chi connectivity index (χ1v) is 6.83. The molecule has 0 saturated carbocycles. The normalized spacial score (nSPS) is 12.6. The molecule has 0 saturated heterocycles. The summed E-state index contributed by atoms with van der Waals surface area (Å²) in [6.45, 7) is 1.99. The van der Waals surface area contributed by atoms with E-state index in [0.29, 0.717) is 5.88 Å². The van der Waals surface area contributed by atoms with Crippen molar-refractivity contribution in [2.75, 3.05) is 5.88 Å². The van der Waals surface area contributed by atoms with Crippen LogP contribution in [0.2, 0.25) is 0 Å². The first-order valence-electron chi connectivity index (χ1n) is 5.41. The Morgan fingerprint density at radius 1 is 1.35 bits per heavy atom. The Bertz CT molecular complexity index is 480. The van der Waals surface area contributed by atoms with Gasteiger partial charge < -0.3 is 0 Å². The van der Waals surface area contributed by atoms with Gasteiger partial charge in [-0.3, -0.25) is 0 Å². The number of halogens is 2. The highest BCUT2D eigenvalue weighted by Gasteiger charge is 2.13. The van der Waals surface area contributed by atoms with Crippen LogP contribution < -0.4 is 0 Å². The maximum Gasteiger partial charge on any atom is 0.123 e. The van der Waals surface area contributed by atoms with Crippen molar-refractivity contribution in [2.24, 2.45) is 0 Å². The Balaban J connectivity index is 2.13. The number of rotatable bonds is 4. The summed E-state index contributed by atoms with van der Waals surface area (Å²) in [6.07, 6.45) is 0.805. The monoisotopic (exact) mass is 269 g/mol. The third-order valence-corrected chi connectivity index (χ3v) is 3.84. The van der Waals surface area contributed by atoms with Gasteiger partial charge in [-0.15, -0.1) is 22.9 Å². The van der Waals surface area contributed by atoms with Gasteiger partial charge in [0.25, 0.3) is 0 Å². The van der Waals surface area contributed by atoms with Crippen LogP contribution in [0.5, 0.6) is 0 Å². The third-order valence-electron chi connectivity index (χ3n) is 2.65. The number of alkyl halides is 1. The molecule has 17 heavy (non-hydrogen) atoms. The fourth-order valence-electron chi connectivity index (χ4n) is 1.75. The van der Waals surface area contributed by atoms with Crippen molar-refractivity contribution in [1.82, 2.24) is 4.98 Å². The van der Waals surface area contributed by atoms with Crippen LogP contribution in [-0.4, -0.2) is 10.9 Å². The molecule has 1 unspecified atom stereocenters. The van der Waals surface area contributed by atoms with E-state index < -0.39 is 0 Å². The van der Waals surface area contributed by atoms with Crippen LogP contribution in [0.4, 0.5) is 4.39 Å². The van der Waals surface area contributed by atoms with Crippen LogP contribution in [0.15, 0.2) is 29.6 Å². The van der Waals surface area contributed by atoms with Crippen LogP contribution in [0.25, 0.3) is 0 Å². The highest BCUT2D eigenvalue weighted by atomic mass is 35.5. The lowest BCUT2D eigenvalue weighted by Crippen LogP contribution is -2.05. The molecule has 0 aliphatic rings. The zero-order valence-electron chi connectivity index (χ0n) is 9.49. The second kappa shape index (κ2) is 5.61. The molecular formula is C13H13ClFNS. The largest absolute Gasteiger partial charge is 0.247 e. The van der Waals surface area contributed by atoms with E-state index in [1.54, 1.807) is 23.5 Å². The zero-order valence-corrected chi connectivity index (χ0v) is 11.1. The van der Waals surface area contributed by atoms with Gasteiger partial charge >= 0.3 is 0 Å². The van der Waals surface area contributed by atoms with Gasteiger partial charge in [-0.1, -0.05) is 12.1 Å². The molecular weight excluding hydrogens is 257 g/mol. The molecule has 1 atom stereocenters. The topological polar surface area (TPSA) is 12.9 Å². The van der Waals surface area contributed by atoms with Crippen LogP contribution in [-0.2, 0) is 6.42 Å². The minimum absolute atomic E-state index is 0.193. The summed E-state index contributed by atoms with van der Waals surface area (Å²) in [5.41, 5.74) is 2.12. The highest BCUT2D eigenvalue weighted by Crippen LogP contribution is 2.23. The minimum Gasteiger partial charge on any atom is -0.247 e. The van der Waals surface area contributed by atoms with Crippen LogP contribution in [0, 0.1) is 12.7 Å². The van der Waals surface area contributed by atoms with Gasteiger partial charge in [-0.05, 0) is 31.0 Å². The molecule has 0 fully saturated rings. The Kier molecular flexibility index (Phi) is 4.13. The summed E-state index contributed by atoms with van der Waals surface area (Å²) in [4.78, 5) is 4.43. The van der Waals surface area contributed by atoms with E-state index in [-0.39, 0.29) is 11.7 Å². The summed E-state index contributed by atoms with van der Waals surface area (Å²) in [5, 5.41) is 3.12. The molecule has 0 N–H and O–H groups in total. The van der Waals surface area contributed by atoms with Crippen LogP contribution >= 0.6 is 22.9 Å². The predicted octanol–water partition coefficient (Wildman–Crippen LogP) is 4.16. The summed E-state index contributed by atoms with van der Waals surface area (Å²) in [6, 6.07) is 6.53. The lowest BCUT2D eigenvalue weighted by Gasteiger charge is -2.12. The summed E-state index contributed by atoms with van der Waals surface area (Å²) < 4.78 is 12.8. The molecule has 0 amide bonds. The van der Waals surface area contributed by atoms with E-state index in [2.05, 4.69) is 10.4 Å². The van der Waals surface area contributed by atoms with Crippen molar-refractivity contribution < 1.29 is 4.39 Å². The Morgan fingerprint density at radius 3 is 2.59 bits per heavy atom. The van der Waals surface area contributed by atoms with Crippen molar-refractivity contribution >= 4 is 22.9 Å². The van der Waals surface area contributed by atoms with Gasteiger partial charge in [-0.25, -0.2) is 9.37 Å². The molecule has 0 bridgehead atoms. The quantitative estimate of drug-likeness (QED) is 0.760. The maximum absolute atomic E-state index is 12.8. The number of nitrogens with zero attached hydrogens (tertiary/aromatic N) is 1. The van der Waals surface area contributed by atoms with Gasteiger partial charge in [0.15, 0.2) is 0 Å². The van der Waals surface area contributed by atoms with Crippen LogP contribution in [0.3, 0.4) is 0 Å². The smallest absolute Gasteiger partial charge is 0.123 e. The lowest BCUT2D eigenvalue weighted by molar-refractivity contribution is 0.625. The number of hydrogen-bond acceptors (Lipinski definition) is 2. The summed E-state index contributed by atoms with van der Waals surface area (Å²) in [7, 11) is 0. The molecule has 4 heteroatoms. The minimum atomic E-state index is -0.216. The van der Waals surface area contributed by atoms with Crippen LogP contribution in [0.1, 0.15) is 22.2 Å². The molecule has 1 heterocycles. The number of benzene rings is 1. The fourth-order valence-corrected chi connectivity index (χ4v) is 2.66. The zero-order chi connectivity index (χ0) is 12.3. The third kappa shape index (κ3) is 3.27. The van der Waals surface area contributed by atoms with Gasteiger partial charge in [-0.2, -0.15) is 0 Å². The first-order chi connectivity index (χ1) is 8.19. The number of thiazole rings is 1. The standard InChI is InChI=1S/C13H13ClFNS/c1-9-16-13(8-17-9)6-11(7-14)10-2-4-12(15)5-3-10/h2-5,8,11H,6-7H2,1H3. The van der Waals surface area contributed by atoms with Gasteiger partial charge in [0.2, 0.25) is 0 Å². The number of hydrogen-bond donors (Lipinski definition) is 0. The predicted molar refractivity (Wildman–Crippen MR) is 70.4 cm³/mol. The molecule has 1 nitrogen and oxygen atoms in total. The van der Waals surface area contributed by atoms with E-state index in [1.165, 1.54) is 12.1 Å². The SMILES string of the molecule is Cc1nc(CC(CCl)c2ccc(F)cc2)cs1. The molecule has 0 spiro atoms. The average molecular weight is 270 g/mol. The van der Waals surface area contributed by atoms with E-state index in [1.807, 2.05) is 6.92 Å². The van der Waals surface area contributed by atoms with E-state index in [9.17, 15) is 4.39 Å². The van der Waals surface area contributed by atoms with Crippen molar-refractivity contribution in [3.05, 3.63) is 51.7 Å². The van der Waals surface area contributed by atoms with Gasteiger partial charge in [0.05, 0.1) is 10.7 Å². The second-order valence-corrected chi connectivity index (χ2v) is 5.34. The molecule has 0 aliphatic heterocycles. The average Bonchev–Trinajstić information content (AvgIpc) is 2.73. The molecule has 0 aliphatic carbocycles.